The van der Waals surface area contributed by atoms with Gasteiger partial charge in [0.25, 0.3) is 0 Å². The first-order valence-electron chi connectivity index (χ1n) is 6.68. The molecule has 0 bridgehead atoms. The van der Waals surface area contributed by atoms with Gasteiger partial charge in [0, 0.05) is 31.3 Å². The van der Waals surface area contributed by atoms with Crippen LogP contribution in [-0.2, 0) is 14.3 Å². The predicted octanol–water partition coefficient (Wildman–Crippen LogP) is 0.0553. The van der Waals surface area contributed by atoms with Gasteiger partial charge in [-0.2, -0.15) is 0 Å². The average Bonchev–Trinajstić information content (AvgIpc) is 3.11. The Morgan fingerprint density at radius 2 is 2.17 bits per heavy atom. The molecule has 3 aliphatic heterocycles. The van der Waals surface area contributed by atoms with Gasteiger partial charge in [0.2, 0.25) is 5.91 Å². The van der Waals surface area contributed by atoms with Crippen LogP contribution in [0.2, 0.25) is 0 Å². The second-order valence-electron chi connectivity index (χ2n) is 5.02. The Morgan fingerprint density at radius 3 is 2.89 bits per heavy atom. The predicted molar refractivity (Wildman–Crippen MR) is 69.5 cm³/mol. The maximum absolute atomic E-state index is 12.3. The highest BCUT2D eigenvalue weighted by Crippen LogP contribution is 2.22. The number of nitrogens with zero attached hydrogens (tertiary/aromatic N) is 1. The summed E-state index contributed by atoms with van der Waals surface area (Å²) < 4.78 is 11.4. The molecule has 18 heavy (non-hydrogen) atoms. The lowest BCUT2D eigenvalue weighted by atomic mass is 10.1. The highest BCUT2D eigenvalue weighted by Gasteiger charge is 2.35. The van der Waals surface area contributed by atoms with Crippen molar-refractivity contribution < 1.29 is 14.3 Å². The Hall–Kier alpha value is -0.300. The summed E-state index contributed by atoms with van der Waals surface area (Å²) in [5.74, 6) is 2.00. The smallest absolute Gasteiger partial charge is 0.240 e. The van der Waals surface area contributed by atoms with Crippen molar-refractivity contribution >= 4 is 17.7 Å². The van der Waals surface area contributed by atoms with Gasteiger partial charge in [0.1, 0.15) is 6.10 Å². The third-order valence-corrected chi connectivity index (χ3v) is 4.74. The molecular weight excluding hydrogens is 252 g/mol. The first-order chi connectivity index (χ1) is 8.84. The van der Waals surface area contributed by atoms with E-state index in [9.17, 15) is 4.79 Å². The minimum atomic E-state index is -0.00162. The van der Waals surface area contributed by atoms with Gasteiger partial charge in [-0.15, -0.1) is 11.8 Å². The van der Waals surface area contributed by atoms with Crippen molar-refractivity contribution in [3.05, 3.63) is 0 Å². The minimum Gasteiger partial charge on any atom is -0.375 e. The van der Waals surface area contributed by atoms with Gasteiger partial charge in [-0.05, 0) is 12.8 Å². The lowest BCUT2D eigenvalue weighted by Gasteiger charge is -2.36. The second kappa shape index (κ2) is 5.77. The van der Waals surface area contributed by atoms with E-state index in [2.05, 4.69) is 5.32 Å². The molecule has 2 unspecified atom stereocenters. The standard InChI is InChI=1S/C12H20N2O3S/c15-12(9-7-18-8-13-9)14-3-5-17-11(6-14)10-2-1-4-16-10/h9-11,13H,1-8H2/t9-,10?,11?/m1/s1. The summed E-state index contributed by atoms with van der Waals surface area (Å²) in [7, 11) is 0. The first-order valence-corrected chi connectivity index (χ1v) is 7.83. The Labute approximate surface area is 112 Å². The Morgan fingerprint density at radius 1 is 1.28 bits per heavy atom. The monoisotopic (exact) mass is 272 g/mol. The van der Waals surface area contributed by atoms with Gasteiger partial charge in [0.15, 0.2) is 0 Å². The molecule has 3 saturated heterocycles. The fourth-order valence-corrected chi connectivity index (χ4v) is 3.70. The maximum Gasteiger partial charge on any atom is 0.240 e. The molecule has 102 valence electrons. The van der Waals surface area contributed by atoms with E-state index in [-0.39, 0.29) is 24.2 Å². The highest BCUT2D eigenvalue weighted by molar-refractivity contribution is 7.99. The number of carbonyl (C=O) groups excluding carboxylic acids is 1. The first kappa shape index (κ1) is 12.7. The average molecular weight is 272 g/mol. The number of ether oxygens (including phenoxy) is 2. The van der Waals surface area contributed by atoms with E-state index >= 15 is 0 Å². The molecule has 0 aliphatic carbocycles. The summed E-state index contributed by atoms with van der Waals surface area (Å²) >= 11 is 1.79. The van der Waals surface area contributed by atoms with Gasteiger partial charge in [-0.3, -0.25) is 10.1 Å². The quantitative estimate of drug-likeness (QED) is 0.770. The van der Waals surface area contributed by atoms with E-state index in [1.165, 1.54) is 0 Å². The van der Waals surface area contributed by atoms with Crippen LogP contribution in [0.3, 0.4) is 0 Å². The van der Waals surface area contributed by atoms with Gasteiger partial charge >= 0.3 is 0 Å². The number of carbonyl (C=O) groups is 1. The van der Waals surface area contributed by atoms with Crippen molar-refractivity contribution in [1.82, 2.24) is 10.2 Å². The summed E-state index contributed by atoms with van der Waals surface area (Å²) in [5, 5.41) is 3.24. The van der Waals surface area contributed by atoms with E-state index in [0.29, 0.717) is 19.7 Å². The normalized spacial score (nSPS) is 37.1. The molecule has 0 saturated carbocycles. The largest absolute Gasteiger partial charge is 0.375 e. The van der Waals surface area contributed by atoms with Crippen LogP contribution < -0.4 is 5.32 Å². The SMILES string of the molecule is O=C([C@H]1CSCN1)N1CCOC(C2CCCO2)C1. The number of nitrogens with one attached hydrogen (secondary N) is 1. The lowest BCUT2D eigenvalue weighted by molar-refractivity contribution is -0.146. The molecule has 3 heterocycles. The number of rotatable bonds is 2. The Balaban J connectivity index is 1.57. The van der Waals surface area contributed by atoms with E-state index in [1.807, 2.05) is 4.90 Å². The molecule has 3 aliphatic rings. The Kier molecular flexibility index (Phi) is 4.08. The summed E-state index contributed by atoms with van der Waals surface area (Å²) in [6.07, 6.45) is 2.43. The molecule has 0 spiro atoms. The second-order valence-corrected chi connectivity index (χ2v) is 6.05. The van der Waals surface area contributed by atoms with Crippen LogP contribution in [-0.4, -0.2) is 67.0 Å². The number of morpholine rings is 1. The number of hydrogen-bond acceptors (Lipinski definition) is 5. The lowest BCUT2D eigenvalue weighted by Crippen LogP contribution is -2.54. The topological polar surface area (TPSA) is 50.8 Å². The van der Waals surface area contributed by atoms with Crippen molar-refractivity contribution in [1.29, 1.82) is 0 Å². The van der Waals surface area contributed by atoms with Crippen LogP contribution in [0, 0.1) is 0 Å². The van der Waals surface area contributed by atoms with Crippen LogP contribution in [0.15, 0.2) is 0 Å². The zero-order valence-corrected chi connectivity index (χ0v) is 11.3. The van der Waals surface area contributed by atoms with Crippen molar-refractivity contribution in [2.75, 3.05) is 37.9 Å². The van der Waals surface area contributed by atoms with Crippen LogP contribution in [0.4, 0.5) is 0 Å². The zero-order valence-electron chi connectivity index (χ0n) is 10.5. The highest BCUT2D eigenvalue weighted by atomic mass is 32.2. The van der Waals surface area contributed by atoms with Gasteiger partial charge < -0.3 is 14.4 Å². The summed E-state index contributed by atoms with van der Waals surface area (Å²) in [6.45, 7) is 2.87. The number of hydrogen-bond donors (Lipinski definition) is 1. The van der Waals surface area contributed by atoms with Crippen molar-refractivity contribution in [3.8, 4) is 0 Å². The molecule has 3 rings (SSSR count). The van der Waals surface area contributed by atoms with Crippen LogP contribution in [0.5, 0.6) is 0 Å². The molecule has 5 nitrogen and oxygen atoms in total. The zero-order chi connectivity index (χ0) is 12.4. The van der Waals surface area contributed by atoms with E-state index in [1.54, 1.807) is 11.8 Å². The van der Waals surface area contributed by atoms with Crippen molar-refractivity contribution in [2.45, 2.75) is 31.1 Å². The molecule has 6 heteroatoms. The fourth-order valence-electron chi connectivity index (χ4n) is 2.77. The Bertz CT molecular complexity index is 304. The third kappa shape index (κ3) is 2.66. The molecule has 0 aromatic heterocycles. The molecule has 3 fully saturated rings. The molecular formula is C12H20N2O3S. The fraction of sp³-hybridized carbons (Fsp3) is 0.917. The van der Waals surface area contributed by atoms with Gasteiger partial charge in [-0.25, -0.2) is 0 Å². The number of amides is 1. The van der Waals surface area contributed by atoms with Crippen LogP contribution >= 0.6 is 11.8 Å². The molecule has 0 radical (unpaired) electrons. The van der Waals surface area contributed by atoms with E-state index in [0.717, 1.165) is 31.1 Å². The van der Waals surface area contributed by atoms with Crippen LogP contribution in [0.1, 0.15) is 12.8 Å². The summed E-state index contributed by atoms with van der Waals surface area (Å²) in [6, 6.07) is -0.00162. The molecule has 1 N–H and O–H groups in total. The summed E-state index contributed by atoms with van der Waals surface area (Å²) in [4.78, 5) is 14.3. The number of thioether (sulfide) groups is 1. The maximum atomic E-state index is 12.3. The van der Waals surface area contributed by atoms with Crippen molar-refractivity contribution in [3.63, 3.8) is 0 Å². The van der Waals surface area contributed by atoms with Gasteiger partial charge in [-0.1, -0.05) is 0 Å². The molecule has 0 aromatic carbocycles. The van der Waals surface area contributed by atoms with Crippen LogP contribution in [0.25, 0.3) is 0 Å². The van der Waals surface area contributed by atoms with Gasteiger partial charge in [0.05, 0.1) is 18.8 Å². The van der Waals surface area contributed by atoms with E-state index < -0.39 is 0 Å². The molecule has 0 aromatic rings. The molecule has 1 amide bonds. The minimum absolute atomic E-state index is 0.00162. The summed E-state index contributed by atoms with van der Waals surface area (Å²) in [5.41, 5.74) is 0. The third-order valence-electron chi connectivity index (χ3n) is 3.80. The molecule has 3 atom stereocenters. The van der Waals surface area contributed by atoms with Crippen molar-refractivity contribution in [2.24, 2.45) is 0 Å². The van der Waals surface area contributed by atoms with E-state index in [4.69, 9.17) is 9.47 Å².